The molecule has 1 fully saturated rings. The van der Waals surface area contributed by atoms with Crippen molar-refractivity contribution in [3.05, 3.63) is 0 Å². The Labute approximate surface area is 119 Å². The summed E-state index contributed by atoms with van der Waals surface area (Å²) in [6.07, 6.45) is -1.18. The van der Waals surface area contributed by atoms with Crippen LogP contribution in [0.1, 0.15) is 40.0 Å². The first-order chi connectivity index (χ1) is 9.19. The van der Waals surface area contributed by atoms with E-state index in [0.29, 0.717) is 0 Å². The van der Waals surface area contributed by atoms with E-state index in [-0.39, 0.29) is 25.0 Å². The van der Waals surface area contributed by atoms with Gasteiger partial charge in [-0.15, -0.1) is 0 Å². The highest BCUT2D eigenvalue weighted by molar-refractivity contribution is 5.78. The van der Waals surface area contributed by atoms with Gasteiger partial charge in [-0.25, -0.2) is 0 Å². The fourth-order valence-corrected chi connectivity index (χ4v) is 2.58. The van der Waals surface area contributed by atoms with Crippen molar-refractivity contribution in [2.24, 2.45) is 5.92 Å². The molecule has 1 atom stereocenters. The lowest BCUT2D eigenvalue weighted by Gasteiger charge is -2.35. The second-order valence-corrected chi connectivity index (χ2v) is 6.10. The van der Waals surface area contributed by atoms with Crippen LogP contribution in [0.5, 0.6) is 0 Å². The highest BCUT2D eigenvalue weighted by atomic mass is 19.4. The largest absolute Gasteiger partial charge is 0.406 e. The number of piperidine rings is 1. The summed E-state index contributed by atoms with van der Waals surface area (Å²) >= 11 is 0. The lowest BCUT2D eigenvalue weighted by atomic mass is 10.0. The van der Waals surface area contributed by atoms with Crippen LogP contribution in [-0.4, -0.2) is 54.1 Å². The molecular formula is C14H25F3N2O. The molecule has 118 valence electrons. The smallest absolute Gasteiger partial charge is 0.332 e. The van der Waals surface area contributed by atoms with Crippen molar-refractivity contribution in [2.45, 2.75) is 52.3 Å². The molecule has 1 rings (SSSR count). The van der Waals surface area contributed by atoms with E-state index in [2.05, 4.69) is 0 Å². The summed E-state index contributed by atoms with van der Waals surface area (Å²) in [4.78, 5) is 15.1. The molecule has 1 aliphatic rings. The van der Waals surface area contributed by atoms with E-state index in [4.69, 9.17) is 0 Å². The summed E-state index contributed by atoms with van der Waals surface area (Å²) in [6.45, 7) is 5.58. The molecule has 1 amide bonds. The number of amides is 1. The first-order valence-corrected chi connectivity index (χ1v) is 7.27. The van der Waals surface area contributed by atoms with E-state index in [9.17, 15) is 18.0 Å². The number of carbonyl (C=O) groups excluding carboxylic acids is 1. The number of hydrogen-bond acceptors (Lipinski definition) is 2. The van der Waals surface area contributed by atoms with Gasteiger partial charge in [0.05, 0.1) is 6.54 Å². The first-order valence-electron chi connectivity index (χ1n) is 7.27. The minimum atomic E-state index is -4.34. The molecule has 6 heteroatoms. The molecule has 0 aromatic carbocycles. The van der Waals surface area contributed by atoms with Gasteiger partial charge in [-0.2, -0.15) is 13.2 Å². The Balaban J connectivity index is 2.62. The average Bonchev–Trinajstić information content (AvgIpc) is 2.28. The van der Waals surface area contributed by atoms with Gasteiger partial charge in [0.15, 0.2) is 0 Å². The van der Waals surface area contributed by atoms with Crippen LogP contribution in [0.3, 0.4) is 0 Å². The summed E-state index contributed by atoms with van der Waals surface area (Å²) in [5.74, 6) is -0.384. The summed E-state index contributed by atoms with van der Waals surface area (Å²) in [5.41, 5.74) is 0. The van der Waals surface area contributed by atoms with Gasteiger partial charge < -0.3 is 4.90 Å². The zero-order valence-electron chi connectivity index (χ0n) is 12.5. The van der Waals surface area contributed by atoms with Crippen LogP contribution >= 0.6 is 0 Å². The fraction of sp³-hybridized carbons (Fsp3) is 0.929. The summed E-state index contributed by atoms with van der Waals surface area (Å²) in [5, 5.41) is 0. The predicted molar refractivity (Wildman–Crippen MR) is 72.4 cm³/mol. The molecule has 0 aromatic heterocycles. The number of likely N-dealkylation sites (tertiary alicyclic amines) is 1. The third-order valence-corrected chi connectivity index (χ3v) is 3.59. The third kappa shape index (κ3) is 6.11. The van der Waals surface area contributed by atoms with Gasteiger partial charge in [-0.05, 0) is 32.2 Å². The zero-order valence-corrected chi connectivity index (χ0v) is 12.5. The Morgan fingerprint density at radius 1 is 1.35 bits per heavy atom. The second-order valence-electron chi connectivity index (χ2n) is 6.10. The normalized spacial score (nSPS) is 21.2. The molecule has 0 saturated carbocycles. The number of carbonyl (C=O) groups is 1. The van der Waals surface area contributed by atoms with Gasteiger partial charge in [0.2, 0.25) is 5.91 Å². The Bertz CT molecular complexity index is 318. The van der Waals surface area contributed by atoms with E-state index in [1.165, 1.54) is 0 Å². The molecule has 1 aliphatic heterocycles. The highest BCUT2D eigenvalue weighted by Crippen LogP contribution is 2.19. The van der Waals surface area contributed by atoms with Crippen LogP contribution in [0.15, 0.2) is 0 Å². The Morgan fingerprint density at radius 2 is 2.00 bits per heavy atom. The van der Waals surface area contributed by atoms with Crippen LogP contribution in [0.2, 0.25) is 0 Å². The predicted octanol–water partition coefficient (Wildman–Crippen LogP) is 2.91. The van der Waals surface area contributed by atoms with E-state index in [1.807, 2.05) is 25.7 Å². The van der Waals surface area contributed by atoms with Crippen molar-refractivity contribution >= 4 is 5.91 Å². The van der Waals surface area contributed by atoms with E-state index in [1.54, 1.807) is 0 Å². The minimum absolute atomic E-state index is 0.0279. The van der Waals surface area contributed by atoms with Crippen LogP contribution in [0.25, 0.3) is 0 Å². The standard InChI is InChI=1S/C14H25F3N2O/c1-11(2)8-19(10-14(15,16)17)13(20)9-18-7-5-4-6-12(18)3/h11-12H,4-10H2,1-3H3. The van der Waals surface area contributed by atoms with Crippen molar-refractivity contribution in [1.82, 2.24) is 9.80 Å². The van der Waals surface area contributed by atoms with E-state index >= 15 is 0 Å². The minimum Gasteiger partial charge on any atom is -0.332 e. The second kappa shape index (κ2) is 7.29. The number of halogens is 3. The third-order valence-electron chi connectivity index (χ3n) is 3.59. The van der Waals surface area contributed by atoms with Gasteiger partial charge >= 0.3 is 6.18 Å². The first kappa shape index (κ1) is 17.3. The molecule has 1 unspecified atom stereocenters. The van der Waals surface area contributed by atoms with Gasteiger partial charge in [0, 0.05) is 12.6 Å². The molecule has 0 aromatic rings. The van der Waals surface area contributed by atoms with Gasteiger partial charge in [-0.1, -0.05) is 20.3 Å². The topological polar surface area (TPSA) is 23.6 Å². The number of hydrogen-bond donors (Lipinski definition) is 0. The zero-order chi connectivity index (χ0) is 15.3. The van der Waals surface area contributed by atoms with Crippen molar-refractivity contribution in [1.29, 1.82) is 0 Å². The van der Waals surface area contributed by atoms with E-state index < -0.39 is 18.6 Å². The summed E-state index contributed by atoms with van der Waals surface area (Å²) in [7, 11) is 0. The molecule has 0 N–H and O–H groups in total. The quantitative estimate of drug-likeness (QED) is 0.778. The Hall–Kier alpha value is -0.780. The molecule has 0 spiro atoms. The average molecular weight is 294 g/mol. The van der Waals surface area contributed by atoms with Gasteiger partial charge in [0.25, 0.3) is 0 Å². The van der Waals surface area contributed by atoms with Crippen molar-refractivity contribution in [3.8, 4) is 0 Å². The molecular weight excluding hydrogens is 269 g/mol. The molecule has 3 nitrogen and oxygen atoms in total. The number of nitrogens with zero attached hydrogens (tertiary/aromatic N) is 2. The van der Waals surface area contributed by atoms with Crippen LogP contribution < -0.4 is 0 Å². The molecule has 20 heavy (non-hydrogen) atoms. The lowest BCUT2D eigenvalue weighted by Crippen LogP contribution is -2.48. The van der Waals surface area contributed by atoms with Crippen LogP contribution in [0.4, 0.5) is 13.2 Å². The molecule has 0 radical (unpaired) electrons. The Kier molecular flexibility index (Phi) is 6.30. The highest BCUT2D eigenvalue weighted by Gasteiger charge is 2.34. The number of rotatable bonds is 5. The van der Waals surface area contributed by atoms with Crippen molar-refractivity contribution < 1.29 is 18.0 Å². The molecule has 0 aliphatic carbocycles. The van der Waals surface area contributed by atoms with Crippen LogP contribution in [-0.2, 0) is 4.79 Å². The molecule has 1 saturated heterocycles. The summed E-state index contributed by atoms with van der Waals surface area (Å²) in [6, 6.07) is 0.277. The fourth-order valence-electron chi connectivity index (χ4n) is 2.58. The number of alkyl halides is 3. The lowest BCUT2D eigenvalue weighted by molar-refractivity contribution is -0.163. The maximum Gasteiger partial charge on any atom is 0.406 e. The SMILES string of the molecule is CC(C)CN(CC(F)(F)F)C(=O)CN1CCCCC1C. The van der Waals surface area contributed by atoms with Gasteiger partial charge in [-0.3, -0.25) is 9.69 Å². The van der Waals surface area contributed by atoms with E-state index in [0.717, 1.165) is 30.7 Å². The monoisotopic (exact) mass is 294 g/mol. The summed E-state index contributed by atoms with van der Waals surface area (Å²) < 4.78 is 37.7. The maximum absolute atomic E-state index is 12.6. The molecule has 0 bridgehead atoms. The maximum atomic E-state index is 12.6. The van der Waals surface area contributed by atoms with Crippen molar-refractivity contribution in [3.63, 3.8) is 0 Å². The van der Waals surface area contributed by atoms with Gasteiger partial charge in [0.1, 0.15) is 6.54 Å². The molecule has 1 heterocycles. The Morgan fingerprint density at radius 3 is 2.50 bits per heavy atom. The van der Waals surface area contributed by atoms with Crippen LogP contribution in [0, 0.1) is 5.92 Å². The van der Waals surface area contributed by atoms with Crippen molar-refractivity contribution in [2.75, 3.05) is 26.2 Å².